The van der Waals surface area contributed by atoms with Crippen LogP contribution in [0.25, 0.3) is 16.8 Å². The second-order valence-corrected chi connectivity index (χ2v) is 13.4. The maximum Gasteiger partial charge on any atom is 0.291 e. The Bertz CT molecular complexity index is 1730. The number of aliphatic hydroxyl groups is 1. The van der Waals surface area contributed by atoms with Crippen LogP contribution in [0.4, 0.5) is 5.82 Å². The van der Waals surface area contributed by atoms with Crippen molar-refractivity contribution in [2.24, 2.45) is 0 Å². The number of halogens is 1. The summed E-state index contributed by atoms with van der Waals surface area (Å²) in [5.74, 6) is -0.321. The molecule has 0 saturated carbocycles. The molecule has 2 bridgehead atoms. The summed E-state index contributed by atoms with van der Waals surface area (Å²) in [6, 6.07) is 1.46. The second-order valence-electron chi connectivity index (χ2n) is 11.0. The number of anilines is 1. The number of carbonyl (C=O) groups excluding carboxylic acids is 1. The van der Waals surface area contributed by atoms with Crippen molar-refractivity contribution in [2.45, 2.75) is 68.0 Å². The standard InChI is InChI=1S/C25H28ClN9O4S/c1-25(2,37)20-17(26)8-13(9-28-20)16-10-31-35-21(27)19(40(3,38)39)18(32-23(16)35)12-6-14-4-5-15(7-12)34(14)24(36)22-29-11-30-33-22/h8-12,14-15,37H,4-7,27H2,1-3H3,(H,29,30,33)/t12?,14-,15+. The number of pyridine rings is 1. The van der Waals surface area contributed by atoms with Gasteiger partial charge in [0.2, 0.25) is 5.82 Å². The fourth-order valence-electron chi connectivity index (χ4n) is 6.08. The van der Waals surface area contributed by atoms with Crippen LogP contribution >= 0.6 is 11.6 Å². The lowest BCUT2D eigenvalue weighted by Crippen LogP contribution is -2.46. The Morgan fingerprint density at radius 1 is 1.20 bits per heavy atom. The Hall–Kier alpha value is -3.62. The molecule has 2 aliphatic heterocycles. The fourth-order valence-corrected chi connectivity index (χ4v) is 7.53. The second kappa shape index (κ2) is 9.21. The van der Waals surface area contributed by atoms with Crippen molar-refractivity contribution < 1.29 is 18.3 Å². The van der Waals surface area contributed by atoms with Crippen molar-refractivity contribution >= 4 is 38.8 Å². The number of rotatable bonds is 5. The SMILES string of the molecule is CC(C)(O)c1ncc(-c2cnn3c(N)c(S(C)(=O)=O)c(C4C[C@H]5CC[C@@H](C4)N5C(=O)c4ncn[nH]4)nc23)cc1Cl. The molecule has 0 spiro atoms. The summed E-state index contributed by atoms with van der Waals surface area (Å²) < 4.78 is 27.4. The van der Waals surface area contributed by atoms with E-state index >= 15 is 0 Å². The third-order valence-corrected chi connectivity index (χ3v) is 9.19. The lowest BCUT2D eigenvalue weighted by Gasteiger charge is -2.38. The summed E-state index contributed by atoms with van der Waals surface area (Å²) in [6.45, 7) is 3.18. The molecule has 1 amide bonds. The Morgan fingerprint density at radius 3 is 2.48 bits per heavy atom. The van der Waals surface area contributed by atoms with E-state index in [0.717, 1.165) is 19.1 Å². The van der Waals surface area contributed by atoms with Gasteiger partial charge in [-0.25, -0.2) is 18.4 Å². The highest BCUT2D eigenvalue weighted by Gasteiger charge is 2.46. The Kier molecular flexibility index (Phi) is 6.12. The largest absolute Gasteiger partial charge is 0.384 e. The highest BCUT2D eigenvalue weighted by atomic mass is 35.5. The lowest BCUT2D eigenvalue weighted by atomic mass is 9.87. The topological polar surface area (TPSA) is 185 Å². The number of sulfone groups is 1. The first-order valence-electron chi connectivity index (χ1n) is 12.8. The summed E-state index contributed by atoms with van der Waals surface area (Å²) in [6.07, 6.45) is 8.14. The van der Waals surface area contributed by atoms with Crippen molar-refractivity contribution in [3.8, 4) is 11.1 Å². The van der Waals surface area contributed by atoms with E-state index < -0.39 is 15.4 Å². The van der Waals surface area contributed by atoms with Crippen LogP contribution in [-0.4, -0.2) is 77.4 Å². The summed E-state index contributed by atoms with van der Waals surface area (Å²) >= 11 is 6.45. The molecule has 6 heterocycles. The monoisotopic (exact) mass is 585 g/mol. The number of hydrogen-bond acceptors (Lipinski definition) is 10. The molecular weight excluding hydrogens is 558 g/mol. The molecule has 0 aromatic carbocycles. The average Bonchev–Trinajstić information content (AvgIpc) is 3.60. The van der Waals surface area contributed by atoms with Crippen molar-refractivity contribution in [3.05, 3.63) is 47.0 Å². The van der Waals surface area contributed by atoms with Crippen molar-refractivity contribution in [1.29, 1.82) is 0 Å². The van der Waals surface area contributed by atoms with Crippen LogP contribution in [0.3, 0.4) is 0 Å². The zero-order chi connectivity index (χ0) is 28.6. The molecule has 2 saturated heterocycles. The number of amides is 1. The minimum Gasteiger partial charge on any atom is -0.384 e. The molecule has 2 aliphatic rings. The van der Waals surface area contributed by atoms with E-state index in [9.17, 15) is 18.3 Å². The van der Waals surface area contributed by atoms with Gasteiger partial charge in [-0.3, -0.25) is 14.9 Å². The van der Waals surface area contributed by atoms with E-state index in [0.29, 0.717) is 41.0 Å². The van der Waals surface area contributed by atoms with Gasteiger partial charge in [0, 0.05) is 41.6 Å². The molecule has 4 aromatic heterocycles. The number of aromatic amines is 1. The third kappa shape index (κ3) is 4.30. The first-order chi connectivity index (χ1) is 18.8. The van der Waals surface area contributed by atoms with Crippen LogP contribution in [0.15, 0.2) is 29.7 Å². The van der Waals surface area contributed by atoms with E-state index in [4.69, 9.17) is 22.3 Å². The van der Waals surface area contributed by atoms with Crippen LogP contribution in [0.1, 0.15) is 67.5 Å². The van der Waals surface area contributed by atoms with Gasteiger partial charge in [-0.15, -0.1) is 0 Å². The number of H-pyrrole nitrogens is 1. The number of hydrogen-bond donors (Lipinski definition) is 3. The van der Waals surface area contributed by atoms with Crippen LogP contribution in [0.2, 0.25) is 5.02 Å². The lowest BCUT2D eigenvalue weighted by molar-refractivity contribution is 0.0556. The average molecular weight is 586 g/mol. The number of nitrogens with two attached hydrogens (primary N) is 1. The van der Waals surface area contributed by atoms with E-state index in [2.05, 4.69) is 25.3 Å². The number of carbonyl (C=O) groups is 1. The minimum absolute atomic E-state index is 0.0339. The van der Waals surface area contributed by atoms with Crippen LogP contribution in [0.5, 0.6) is 0 Å². The predicted molar refractivity (Wildman–Crippen MR) is 145 cm³/mol. The quantitative estimate of drug-likeness (QED) is 0.314. The normalized spacial score (nSPS) is 21.3. The van der Waals surface area contributed by atoms with E-state index in [1.54, 1.807) is 26.1 Å². The smallest absolute Gasteiger partial charge is 0.291 e. The fraction of sp³-hybridized carbons (Fsp3) is 0.440. The molecular formula is C25H28ClN9O4S. The van der Waals surface area contributed by atoms with Crippen molar-refractivity contribution in [2.75, 3.05) is 12.0 Å². The van der Waals surface area contributed by atoms with E-state index in [1.165, 1.54) is 17.0 Å². The minimum atomic E-state index is -3.78. The molecule has 6 rings (SSSR count). The zero-order valence-corrected chi connectivity index (χ0v) is 23.6. The first-order valence-corrected chi connectivity index (χ1v) is 15.1. The molecule has 0 radical (unpaired) electrons. The van der Waals surface area contributed by atoms with Crippen LogP contribution < -0.4 is 5.73 Å². The molecule has 3 atom stereocenters. The van der Waals surface area contributed by atoms with Gasteiger partial charge < -0.3 is 15.7 Å². The summed E-state index contributed by atoms with van der Waals surface area (Å²) in [7, 11) is -3.78. The third-order valence-electron chi connectivity index (χ3n) is 7.74. The molecule has 40 heavy (non-hydrogen) atoms. The zero-order valence-electron chi connectivity index (χ0n) is 22.0. The molecule has 1 unspecified atom stereocenters. The van der Waals surface area contributed by atoms with Gasteiger partial charge in [0.05, 0.1) is 22.6 Å². The Balaban J connectivity index is 1.44. The van der Waals surface area contributed by atoms with Crippen LogP contribution in [-0.2, 0) is 15.4 Å². The summed E-state index contributed by atoms with van der Waals surface area (Å²) in [4.78, 5) is 28.1. The maximum absolute atomic E-state index is 13.1. The van der Waals surface area contributed by atoms with Gasteiger partial charge in [0.25, 0.3) is 5.91 Å². The number of piperidine rings is 1. The van der Waals surface area contributed by atoms with Gasteiger partial charge in [-0.2, -0.15) is 14.7 Å². The van der Waals surface area contributed by atoms with Crippen molar-refractivity contribution in [3.63, 3.8) is 0 Å². The maximum atomic E-state index is 13.1. The number of fused-ring (bicyclic) bond motifs is 3. The Morgan fingerprint density at radius 2 is 1.90 bits per heavy atom. The van der Waals surface area contributed by atoms with Crippen molar-refractivity contribution in [1.82, 2.24) is 39.7 Å². The van der Waals surface area contributed by atoms with E-state index in [-0.39, 0.29) is 45.5 Å². The first kappa shape index (κ1) is 26.6. The van der Waals surface area contributed by atoms with Gasteiger partial charge >= 0.3 is 0 Å². The van der Waals surface area contributed by atoms with Gasteiger partial charge in [-0.05, 0) is 45.6 Å². The summed E-state index contributed by atoms with van der Waals surface area (Å²) in [5, 5.41) is 21.4. The molecule has 0 aliphatic carbocycles. The molecule has 15 heteroatoms. The highest BCUT2D eigenvalue weighted by molar-refractivity contribution is 7.91. The number of aromatic nitrogens is 7. The van der Waals surface area contributed by atoms with Crippen LogP contribution in [0, 0.1) is 0 Å². The molecule has 2 fully saturated rings. The molecule has 13 nitrogen and oxygen atoms in total. The van der Waals surface area contributed by atoms with Gasteiger partial charge in [0.1, 0.15) is 22.6 Å². The molecule has 4 N–H and O–H groups in total. The number of nitrogens with one attached hydrogen (secondary N) is 1. The number of nitrogens with zero attached hydrogens (tertiary/aromatic N) is 7. The predicted octanol–water partition coefficient (Wildman–Crippen LogP) is 2.33. The summed E-state index contributed by atoms with van der Waals surface area (Å²) in [5.41, 5.74) is 7.43. The van der Waals surface area contributed by atoms with Gasteiger partial charge in [-0.1, -0.05) is 11.6 Å². The molecule has 210 valence electrons. The number of nitrogen functional groups attached to an aromatic ring is 1. The molecule has 4 aromatic rings. The highest BCUT2D eigenvalue weighted by Crippen LogP contribution is 2.45. The van der Waals surface area contributed by atoms with E-state index in [1.807, 2.05) is 4.90 Å². The van der Waals surface area contributed by atoms with Gasteiger partial charge in [0.15, 0.2) is 15.5 Å². The Labute approximate surface area is 234 Å².